The molecule has 1 aliphatic carbocycles. The maximum Gasteiger partial charge on any atom is -0.0254 e. The second kappa shape index (κ2) is 4.13. The summed E-state index contributed by atoms with van der Waals surface area (Å²) in [6, 6.07) is 0. The lowest BCUT2D eigenvalue weighted by molar-refractivity contribution is 0.643. The van der Waals surface area contributed by atoms with Crippen LogP contribution in [0.4, 0.5) is 0 Å². The van der Waals surface area contributed by atoms with E-state index in [1.165, 1.54) is 24.8 Å². The Morgan fingerprint density at radius 1 is 1.15 bits per heavy atom. The van der Waals surface area contributed by atoms with Gasteiger partial charge in [0.2, 0.25) is 0 Å². The molecule has 0 amide bonds. The van der Waals surface area contributed by atoms with Crippen LogP contribution in [0, 0.1) is 5.92 Å². The predicted octanol–water partition coefficient (Wildman–Crippen LogP) is 4.48. The predicted molar refractivity (Wildman–Crippen MR) is 59.8 cm³/mol. The van der Waals surface area contributed by atoms with Crippen LogP contribution in [0.2, 0.25) is 0 Å². The van der Waals surface area contributed by atoms with Crippen LogP contribution in [-0.4, -0.2) is 0 Å². The van der Waals surface area contributed by atoms with Crippen LogP contribution in [0.1, 0.15) is 53.9 Å². The molecule has 1 rings (SSSR count). The van der Waals surface area contributed by atoms with Crippen molar-refractivity contribution < 1.29 is 0 Å². The highest BCUT2D eigenvalue weighted by atomic mass is 14.2. The molecule has 0 heteroatoms. The SMILES string of the molecule is CC(C)=C1CCCC(C(C)C)=C1C. The monoisotopic (exact) mass is 178 g/mol. The van der Waals surface area contributed by atoms with Gasteiger partial charge in [0, 0.05) is 0 Å². The van der Waals surface area contributed by atoms with E-state index in [4.69, 9.17) is 0 Å². The molecule has 0 saturated heterocycles. The molecule has 0 bridgehead atoms. The van der Waals surface area contributed by atoms with Crippen molar-refractivity contribution in [2.75, 3.05) is 0 Å². The van der Waals surface area contributed by atoms with Crippen molar-refractivity contribution in [1.29, 1.82) is 0 Å². The fraction of sp³-hybridized carbons (Fsp3) is 0.692. The van der Waals surface area contributed by atoms with Gasteiger partial charge in [-0.3, -0.25) is 0 Å². The lowest BCUT2D eigenvalue weighted by Crippen LogP contribution is -2.06. The Labute approximate surface area is 82.7 Å². The van der Waals surface area contributed by atoms with E-state index < -0.39 is 0 Å². The molecule has 0 saturated carbocycles. The van der Waals surface area contributed by atoms with Gasteiger partial charge in [-0.05, 0) is 57.1 Å². The average molecular weight is 178 g/mol. The van der Waals surface area contributed by atoms with Crippen molar-refractivity contribution in [3.63, 3.8) is 0 Å². The Hall–Kier alpha value is -0.520. The van der Waals surface area contributed by atoms with Crippen LogP contribution >= 0.6 is 0 Å². The maximum absolute atomic E-state index is 2.31. The molecule has 74 valence electrons. The molecule has 13 heavy (non-hydrogen) atoms. The van der Waals surface area contributed by atoms with Crippen molar-refractivity contribution in [1.82, 2.24) is 0 Å². The van der Waals surface area contributed by atoms with E-state index in [0.29, 0.717) is 0 Å². The topological polar surface area (TPSA) is 0 Å². The summed E-state index contributed by atoms with van der Waals surface area (Å²) < 4.78 is 0. The summed E-state index contributed by atoms with van der Waals surface area (Å²) >= 11 is 0. The smallest absolute Gasteiger partial charge is 0.0254 e. The lowest BCUT2D eigenvalue weighted by Gasteiger charge is -2.24. The normalized spacial score (nSPS) is 18.5. The first kappa shape index (κ1) is 10.6. The third-order valence-electron chi connectivity index (χ3n) is 3.11. The first-order valence-electron chi connectivity index (χ1n) is 5.40. The molecular formula is C13H22. The minimum absolute atomic E-state index is 0.731. The van der Waals surface area contributed by atoms with Gasteiger partial charge in [-0.2, -0.15) is 0 Å². The lowest BCUT2D eigenvalue weighted by atomic mass is 9.81. The number of hydrogen-bond donors (Lipinski definition) is 0. The van der Waals surface area contributed by atoms with E-state index >= 15 is 0 Å². The Morgan fingerprint density at radius 3 is 2.23 bits per heavy atom. The minimum atomic E-state index is 0.731. The quantitative estimate of drug-likeness (QED) is 0.555. The number of rotatable bonds is 1. The molecular weight excluding hydrogens is 156 g/mol. The Kier molecular flexibility index (Phi) is 3.35. The Balaban J connectivity index is 3.07. The van der Waals surface area contributed by atoms with E-state index in [-0.39, 0.29) is 0 Å². The van der Waals surface area contributed by atoms with E-state index in [9.17, 15) is 0 Å². The molecule has 0 fully saturated rings. The minimum Gasteiger partial charge on any atom is -0.0730 e. The van der Waals surface area contributed by atoms with Gasteiger partial charge in [0.25, 0.3) is 0 Å². The van der Waals surface area contributed by atoms with Gasteiger partial charge in [-0.25, -0.2) is 0 Å². The fourth-order valence-corrected chi connectivity index (χ4v) is 2.37. The van der Waals surface area contributed by atoms with Gasteiger partial charge in [0.15, 0.2) is 0 Å². The third-order valence-corrected chi connectivity index (χ3v) is 3.11. The summed E-state index contributed by atoms with van der Waals surface area (Å²) in [6.45, 7) is 11.4. The second-order valence-electron chi connectivity index (χ2n) is 4.64. The molecule has 0 aromatic rings. The fourth-order valence-electron chi connectivity index (χ4n) is 2.37. The standard InChI is InChI=1S/C13H22/c1-9(2)12-7-6-8-13(10(3)4)11(12)5/h9H,6-8H2,1-5H3. The van der Waals surface area contributed by atoms with Gasteiger partial charge < -0.3 is 0 Å². The highest BCUT2D eigenvalue weighted by molar-refractivity contribution is 5.39. The summed E-state index contributed by atoms with van der Waals surface area (Å²) in [6.07, 6.45) is 3.97. The highest BCUT2D eigenvalue weighted by Gasteiger charge is 2.16. The molecule has 1 aliphatic rings. The zero-order valence-corrected chi connectivity index (χ0v) is 9.70. The van der Waals surface area contributed by atoms with Crippen molar-refractivity contribution in [3.8, 4) is 0 Å². The average Bonchev–Trinajstić information content (AvgIpc) is 2.03. The van der Waals surface area contributed by atoms with Gasteiger partial charge in [0.1, 0.15) is 0 Å². The largest absolute Gasteiger partial charge is 0.0730 e. The van der Waals surface area contributed by atoms with Crippen LogP contribution in [-0.2, 0) is 0 Å². The van der Waals surface area contributed by atoms with Gasteiger partial charge in [0.05, 0.1) is 0 Å². The van der Waals surface area contributed by atoms with Crippen LogP contribution in [0.3, 0.4) is 0 Å². The number of hydrogen-bond acceptors (Lipinski definition) is 0. The van der Waals surface area contributed by atoms with Crippen LogP contribution in [0.25, 0.3) is 0 Å². The number of allylic oxidation sites excluding steroid dienone is 4. The van der Waals surface area contributed by atoms with E-state index in [0.717, 1.165) is 5.92 Å². The van der Waals surface area contributed by atoms with E-state index in [1.54, 1.807) is 16.7 Å². The molecule has 0 aliphatic heterocycles. The van der Waals surface area contributed by atoms with Gasteiger partial charge >= 0.3 is 0 Å². The first-order chi connectivity index (χ1) is 6.04. The van der Waals surface area contributed by atoms with Crippen LogP contribution < -0.4 is 0 Å². The zero-order chi connectivity index (χ0) is 10.0. The summed E-state index contributed by atoms with van der Waals surface area (Å²) in [4.78, 5) is 0. The molecule has 0 atom stereocenters. The summed E-state index contributed by atoms with van der Waals surface area (Å²) in [5.74, 6) is 0.731. The summed E-state index contributed by atoms with van der Waals surface area (Å²) in [7, 11) is 0. The molecule has 0 heterocycles. The molecule has 0 radical (unpaired) electrons. The first-order valence-corrected chi connectivity index (χ1v) is 5.40. The van der Waals surface area contributed by atoms with Gasteiger partial charge in [-0.15, -0.1) is 0 Å². The van der Waals surface area contributed by atoms with Gasteiger partial charge in [-0.1, -0.05) is 25.0 Å². The molecule has 0 N–H and O–H groups in total. The Bertz CT molecular complexity index is 247. The zero-order valence-electron chi connectivity index (χ0n) is 9.70. The van der Waals surface area contributed by atoms with Crippen molar-refractivity contribution >= 4 is 0 Å². The molecule has 0 aromatic heterocycles. The maximum atomic E-state index is 2.31. The third kappa shape index (κ3) is 2.24. The summed E-state index contributed by atoms with van der Waals surface area (Å²) in [5, 5.41) is 0. The Morgan fingerprint density at radius 2 is 1.77 bits per heavy atom. The summed E-state index contributed by atoms with van der Waals surface area (Å²) in [5.41, 5.74) is 6.40. The highest BCUT2D eigenvalue weighted by Crippen LogP contribution is 2.34. The molecule has 0 unspecified atom stereocenters. The van der Waals surface area contributed by atoms with E-state index in [2.05, 4.69) is 34.6 Å². The van der Waals surface area contributed by atoms with Crippen molar-refractivity contribution in [2.45, 2.75) is 53.9 Å². The molecule has 0 spiro atoms. The molecule has 0 aromatic carbocycles. The van der Waals surface area contributed by atoms with Crippen LogP contribution in [0.5, 0.6) is 0 Å². The van der Waals surface area contributed by atoms with Crippen molar-refractivity contribution in [2.24, 2.45) is 5.92 Å². The van der Waals surface area contributed by atoms with E-state index in [1.807, 2.05) is 0 Å². The molecule has 0 nitrogen and oxygen atoms in total. The second-order valence-corrected chi connectivity index (χ2v) is 4.64. The van der Waals surface area contributed by atoms with Crippen molar-refractivity contribution in [3.05, 3.63) is 22.3 Å². The van der Waals surface area contributed by atoms with Crippen LogP contribution in [0.15, 0.2) is 22.3 Å².